The highest BCUT2D eigenvalue weighted by atomic mass is 35.5. The monoisotopic (exact) mass is 571 g/mol. The number of hydrogen-bond acceptors (Lipinski definition) is 5. The molecular formula is C30H31Cl2NO6. The molecule has 0 fully saturated rings. The van der Waals surface area contributed by atoms with E-state index in [0.717, 1.165) is 12.8 Å². The number of amides is 1. The molecule has 0 saturated heterocycles. The summed E-state index contributed by atoms with van der Waals surface area (Å²) in [6, 6.07) is 16.3. The molecule has 9 heteroatoms. The van der Waals surface area contributed by atoms with Crippen LogP contribution in [0, 0.1) is 0 Å². The highest BCUT2D eigenvalue weighted by Gasteiger charge is 2.22. The Morgan fingerprint density at radius 2 is 1.54 bits per heavy atom. The minimum Gasteiger partial charge on any atom is -0.494 e. The Morgan fingerprint density at radius 1 is 0.872 bits per heavy atom. The summed E-state index contributed by atoms with van der Waals surface area (Å²) in [6.45, 7) is 2.82. The summed E-state index contributed by atoms with van der Waals surface area (Å²) >= 11 is 11.9. The van der Waals surface area contributed by atoms with Crippen LogP contribution in [0.1, 0.15) is 65.3 Å². The van der Waals surface area contributed by atoms with Gasteiger partial charge in [-0.25, -0.2) is 9.59 Å². The molecule has 3 aromatic carbocycles. The molecule has 1 unspecified atom stereocenters. The molecule has 3 aromatic rings. The topological polar surface area (TPSA) is 102 Å². The molecule has 206 valence electrons. The number of rotatable bonds is 14. The first-order valence-electron chi connectivity index (χ1n) is 12.8. The van der Waals surface area contributed by atoms with Gasteiger partial charge < -0.3 is 19.9 Å². The molecule has 0 aliphatic carbocycles. The van der Waals surface area contributed by atoms with E-state index < -0.39 is 23.9 Å². The summed E-state index contributed by atoms with van der Waals surface area (Å²) < 4.78 is 11.2. The van der Waals surface area contributed by atoms with Gasteiger partial charge in [0.1, 0.15) is 17.5 Å². The first kappa shape index (κ1) is 30.0. The predicted molar refractivity (Wildman–Crippen MR) is 151 cm³/mol. The summed E-state index contributed by atoms with van der Waals surface area (Å²) in [5.41, 5.74) is 1.13. The van der Waals surface area contributed by atoms with Gasteiger partial charge in [0, 0.05) is 11.4 Å². The van der Waals surface area contributed by atoms with Gasteiger partial charge in [-0.1, -0.05) is 67.9 Å². The number of benzene rings is 3. The van der Waals surface area contributed by atoms with Crippen LogP contribution in [0.15, 0.2) is 66.7 Å². The molecular weight excluding hydrogens is 541 g/mol. The number of carbonyl (C=O) groups is 3. The van der Waals surface area contributed by atoms with Gasteiger partial charge in [0.15, 0.2) is 0 Å². The van der Waals surface area contributed by atoms with Crippen molar-refractivity contribution in [3.05, 3.63) is 93.5 Å². The average Bonchev–Trinajstić information content (AvgIpc) is 2.91. The fourth-order valence-corrected chi connectivity index (χ4v) is 4.28. The van der Waals surface area contributed by atoms with Gasteiger partial charge in [0.05, 0.1) is 22.8 Å². The highest BCUT2D eigenvalue weighted by molar-refractivity contribution is 6.36. The molecule has 39 heavy (non-hydrogen) atoms. The Kier molecular flexibility index (Phi) is 11.6. The van der Waals surface area contributed by atoms with Crippen LogP contribution in [-0.4, -0.2) is 35.6 Å². The van der Waals surface area contributed by atoms with E-state index in [-0.39, 0.29) is 17.0 Å². The third kappa shape index (κ3) is 9.61. The quantitative estimate of drug-likeness (QED) is 0.123. The smallest absolute Gasteiger partial charge is 0.343 e. The summed E-state index contributed by atoms with van der Waals surface area (Å²) in [6.07, 6.45) is 5.80. The maximum atomic E-state index is 12.5. The van der Waals surface area contributed by atoms with Crippen molar-refractivity contribution in [2.24, 2.45) is 0 Å². The van der Waals surface area contributed by atoms with E-state index >= 15 is 0 Å². The number of ether oxygens (including phenoxy) is 2. The zero-order chi connectivity index (χ0) is 28.2. The van der Waals surface area contributed by atoms with Crippen molar-refractivity contribution in [3.63, 3.8) is 0 Å². The summed E-state index contributed by atoms with van der Waals surface area (Å²) in [7, 11) is 0. The van der Waals surface area contributed by atoms with E-state index in [9.17, 15) is 19.5 Å². The summed E-state index contributed by atoms with van der Waals surface area (Å²) in [4.78, 5) is 36.8. The Labute approximate surface area is 238 Å². The van der Waals surface area contributed by atoms with Gasteiger partial charge in [0.2, 0.25) is 0 Å². The number of esters is 1. The maximum absolute atomic E-state index is 12.5. The van der Waals surface area contributed by atoms with E-state index in [4.69, 9.17) is 32.7 Å². The lowest BCUT2D eigenvalue weighted by Crippen LogP contribution is -2.42. The number of aliphatic carboxylic acids is 1. The Morgan fingerprint density at radius 3 is 2.18 bits per heavy atom. The van der Waals surface area contributed by atoms with Gasteiger partial charge in [-0.15, -0.1) is 0 Å². The Hall–Kier alpha value is -3.55. The lowest BCUT2D eigenvalue weighted by atomic mass is 10.1. The average molecular weight is 572 g/mol. The fourth-order valence-electron chi connectivity index (χ4n) is 3.79. The maximum Gasteiger partial charge on any atom is 0.343 e. The highest BCUT2D eigenvalue weighted by Crippen LogP contribution is 2.22. The zero-order valence-electron chi connectivity index (χ0n) is 21.6. The molecule has 1 atom stereocenters. The molecule has 3 rings (SSSR count). The third-order valence-corrected chi connectivity index (χ3v) is 6.51. The number of carboxylic acid groups (broad SMARTS) is 1. The number of nitrogens with one attached hydrogen (secondary N) is 1. The van der Waals surface area contributed by atoms with Crippen LogP contribution < -0.4 is 14.8 Å². The van der Waals surface area contributed by atoms with Crippen molar-refractivity contribution in [1.82, 2.24) is 5.32 Å². The minimum atomic E-state index is -1.20. The molecule has 0 bridgehead atoms. The van der Waals surface area contributed by atoms with Gasteiger partial charge in [0.25, 0.3) is 5.91 Å². The van der Waals surface area contributed by atoms with E-state index in [1.807, 2.05) is 0 Å². The van der Waals surface area contributed by atoms with Crippen molar-refractivity contribution in [3.8, 4) is 11.5 Å². The zero-order valence-corrected chi connectivity index (χ0v) is 23.1. The molecule has 0 spiro atoms. The van der Waals surface area contributed by atoms with Crippen molar-refractivity contribution in [1.29, 1.82) is 0 Å². The van der Waals surface area contributed by atoms with Crippen molar-refractivity contribution >= 4 is 41.0 Å². The van der Waals surface area contributed by atoms with Crippen molar-refractivity contribution in [2.75, 3.05) is 6.61 Å². The molecule has 0 saturated carbocycles. The number of halogens is 2. The molecule has 0 aromatic heterocycles. The van der Waals surface area contributed by atoms with Gasteiger partial charge in [-0.05, 0) is 66.6 Å². The normalized spacial score (nSPS) is 11.5. The summed E-state index contributed by atoms with van der Waals surface area (Å²) in [5.74, 6) is -1.35. The molecule has 2 N–H and O–H groups in total. The van der Waals surface area contributed by atoms with E-state index in [2.05, 4.69) is 12.2 Å². The van der Waals surface area contributed by atoms with Gasteiger partial charge in [-0.2, -0.15) is 0 Å². The fraction of sp³-hybridized carbons (Fsp3) is 0.300. The molecule has 0 aliphatic rings. The van der Waals surface area contributed by atoms with Gasteiger partial charge in [-0.3, -0.25) is 4.79 Å². The number of hydrogen-bond donors (Lipinski definition) is 2. The van der Waals surface area contributed by atoms with Crippen LogP contribution in [0.5, 0.6) is 11.5 Å². The molecule has 7 nitrogen and oxygen atoms in total. The Balaban J connectivity index is 1.52. The van der Waals surface area contributed by atoms with Crippen LogP contribution in [-0.2, 0) is 11.2 Å². The van der Waals surface area contributed by atoms with E-state index in [0.29, 0.717) is 34.3 Å². The van der Waals surface area contributed by atoms with Crippen LogP contribution in [0.3, 0.4) is 0 Å². The second-order valence-corrected chi connectivity index (χ2v) is 9.86. The predicted octanol–water partition coefficient (Wildman–Crippen LogP) is 6.99. The Bertz CT molecular complexity index is 1260. The molecule has 1 amide bonds. The first-order valence-corrected chi connectivity index (χ1v) is 13.5. The SMILES string of the molecule is CCCCCCCOc1ccc(C(=O)Oc2ccc(CC(NC(=O)c3ccc(Cl)cc3Cl)C(=O)O)cc2)cc1. The van der Waals surface area contributed by atoms with Crippen LogP contribution in [0.25, 0.3) is 0 Å². The number of carboxylic acids is 1. The van der Waals surface area contributed by atoms with E-state index in [1.165, 1.54) is 37.5 Å². The minimum absolute atomic E-state index is 0.0145. The number of unbranched alkanes of at least 4 members (excludes halogenated alkanes) is 4. The van der Waals surface area contributed by atoms with Crippen molar-refractivity contribution < 1.29 is 29.0 Å². The summed E-state index contributed by atoms with van der Waals surface area (Å²) in [5, 5.41) is 12.6. The lowest BCUT2D eigenvalue weighted by molar-refractivity contribution is -0.139. The van der Waals surface area contributed by atoms with Crippen LogP contribution in [0.2, 0.25) is 10.0 Å². The molecule has 0 heterocycles. The van der Waals surface area contributed by atoms with E-state index in [1.54, 1.807) is 48.5 Å². The van der Waals surface area contributed by atoms with Gasteiger partial charge >= 0.3 is 11.9 Å². The standard InChI is InChI=1S/C30H31Cl2NO6/c1-2-3-4-5-6-17-38-23-14-9-21(10-15-23)30(37)39-24-12-7-20(8-13-24)18-27(29(35)36)33-28(34)25-16-11-22(31)19-26(25)32/h7-16,19,27H,2-6,17-18H2,1H3,(H,33,34)(H,35,36). The third-order valence-electron chi connectivity index (χ3n) is 5.96. The molecule has 0 radical (unpaired) electrons. The van der Waals surface area contributed by atoms with Crippen LogP contribution >= 0.6 is 23.2 Å². The second-order valence-electron chi connectivity index (χ2n) is 9.01. The second kappa shape index (κ2) is 15.1. The largest absolute Gasteiger partial charge is 0.494 e. The first-order chi connectivity index (χ1) is 18.8. The molecule has 0 aliphatic heterocycles. The van der Waals surface area contributed by atoms with Crippen molar-refractivity contribution in [2.45, 2.75) is 51.5 Å². The van der Waals surface area contributed by atoms with Crippen LogP contribution in [0.4, 0.5) is 0 Å². The number of carbonyl (C=O) groups excluding carboxylic acids is 2. The lowest BCUT2D eigenvalue weighted by Gasteiger charge is -2.15.